The van der Waals surface area contributed by atoms with E-state index in [9.17, 15) is 4.79 Å². The molecule has 0 saturated carbocycles. The van der Waals surface area contributed by atoms with Crippen LogP contribution in [0.15, 0.2) is 57.7 Å². The third kappa shape index (κ3) is 1.68. The van der Waals surface area contributed by atoms with E-state index in [4.69, 9.17) is 4.42 Å². The van der Waals surface area contributed by atoms with E-state index in [0.717, 1.165) is 5.56 Å². The van der Waals surface area contributed by atoms with Crippen LogP contribution in [0.3, 0.4) is 0 Å². The van der Waals surface area contributed by atoms with Crippen LogP contribution < -0.4 is 5.43 Å². The molecule has 0 aliphatic carbocycles. The highest BCUT2D eigenvalue weighted by Gasteiger charge is 2.05. The first-order valence-corrected chi connectivity index (χ1v) is 5.26. The zero-order valence-electron chi connectivity index (χ0n) is 8.94. The molecule has 2 nitrogen and oxygen atoms in total. The molecule has 1 aromatic heterocycles. The van der Waals surface area contributed by atoms with Crippen LogP contribution >= 0.6 is 0 Å². The van der Waals surface area contributed by atoms with Crippen LogP contribution in [0.5, 0.6) is 0 Å². The van der Waals surface area contributed by atoms with Crippen molar-refractivity contribution >= 4 is 11.0 Å². The van der Waals surface area contributed by atoms with E-state index in [2.05, 4.69) is 12.1 Å². The van der Waals surface area contributed by atoms with Gasteiger partial charge in [-0.25, -0.2) is 0 Å². The van der Waals surface area contributed by atoms with Crippen molar-refractivity contribution < 1.29 is 4.42 Å². The largest absolute Gasteiger partial charge is 0.455 e. The second-order valence-corrected chi connectivity index (χ2v) is 3.70. The molecule has 0 amide bonds. The SMILES string of the molecule is O=c1cc(-c2ccccc2)oc2cc#ccc12. The molecule has 0 spiro atoms. The smallest absolute Gasteiger partial charge is 0.193 e. The normalized spacial score (nSPS) is 10.1. The predicted octanol–water partition coefficient (Wildman–Crippen LogP) is 3.06. The van der Waals surface area contributed by atoms with E-state index >= 15 is 0 Å². The van der Waals surface area contributed by atoms with Gasteiger partial charge in [0.25, 0.3) is 0 Å². The fourth-order valence-corrected chi connectivity index (χ4v) is 1.74. The first kappa shape index (κ1) is 9.68. The van der Waals surface area contributed by atoms with Crippen LogP contribution in [-0.2, 0) is 0 Å². The van der Waals surface area contributed by atoms with Gasteiger partial charge in [-0.3, -0.25) is 4.79 Å². The Hall–Kier alpha value is -2.53. The summed E-state index contributed by atoms with van der Waals surface area (Å²) in [5.74, 6) is 0.572. The molecule has 0 aliphatic rings. The Balaban J connectivity index is 2.30. The summed E-state index contributed by atoms with van der Waals surface area (Å²) in [6, 6.07) is 19.8. The van der Waals surface area contributed by atoms with Gasteiger partial charge in [0, 0.05) is 23.8 Å². The monoisotopic (exact) mass is 220 g/mol. The molecule has 0 fully saturated rings. The van der Waals surface area contributed by atoms with E-state index in [1.54, 1.807) is 12.1 Å². The second-order valence-electron chi connectivity index (χ2n) is 3.70. The lowest BCUT2D eigenvalue weighted by atomic mass is 10.1. The van der Waals surface area contributed by atoms with Crippen LogP contribution in [0.4, 0.5) is 0 Å². The highest BCUT2D eigenvalue weighted by atomic mass is 16.3. The summed E-state index contributed by atoms with van der Waals surface area (Å²) in [7, 11) is 0. The van der Waals surface area contributed by atoms with Crippen LogP contribution in [0.1, 0.15) is 0 Å². The molecular formula is C15H8O2. The molecule has 3 aromatic rings. The van der Waals surface area contributed by atoms with Gasteiger partial charge in [0.05, 0.1) is 5.39 Å². The standard InChI is InChI=1S/C15H8O2/c16-13-10-15(11-6-2-1-3-7-11)17-14-9-5-4-8-12(13)14/h1-3,6-10H. The van der Waals surface area contributed by atoms with Gasteiger partial charge in [-0.05, 0) is 0 Å². The highest BCUT2D eigenvalue weighted by molar-refractivity contribution is 5.77. The molecule has 2 aromatic carbocycles. The van der Waals surface area contributed by atoms with Crippen LogP contribution in [0, 0.1) is 12.1 Å². The average Bonchev–Trinajstić information content (AvgIpc) is 2.40. The van der Waals surface area contributed by atoms with Gasteiger partial charge in [-0.1, -0.05) is 42.5 Å². The minimum absolute atomic E-state index is 0.0599. The molecule has 17 heavy (non-hydrogen) atoms. The maximum Gasteiger partial charge on any atom is 0.193 e. The van der Waals surface area contributed by atoms with Crippen molar-refractivity contribution in [1.82, 2.24) is 0 Å². The summed E-state index contributed by atoms with van der Waals surface area (Å²) in [5, 5.41) is 0.531. The quantitative estimate of drug-likeness (QED) is 0.631. The van der Waals surface area contributed by atoms with Crippen LogP contribution in [-0.4, -0.2) is 0 Å². The van der Waals surface area contributed by atoms with Gasteiger partial charge in [-0.15, -0.1) is 0 Å². The first-order chi connectivity index (χ1) is 8.34. The zero-order valence-corrected chi connectivity index (χ0v) is 8.94. The fourth-order valence-electron chi connectivity index (χ4n) is 1.74. The van der Waals surface area contributed by atoms with Crippen LogP contribution in [0.2, 0.25) is 0 Å². The lowest BCUT2D eigenvalue weighted by Crippen LogP contribution is -1.99. The van der Waals surface area contributed by atoms with Crippen molar-refractivity contribution in [2.24, 2.45) is 0 Å². The summed E-state index contributed by atoms with van der Waals surface area (Å²) in [5.41, 5.74) is 1.37. The number of hydrogen-bond acceptors (Lipinski definition) is 2. The summed E-state index contributed by atoms with van der Waals surface area (Å²) in [6.45, 7) is 0. The summed E-state index contributed by atoms with van der Waals surface area (Å²) < 4.78 is 5.68. The number of fused-ring (bicyclic) bond motifs is 1. The van der Waals surface area contributed by atoms with Gasteiger partial charge in [0.2, 0.25) is 0 Å². The van der Waals surface area contributed by atoms with Crippen molar-refractivity contribution in [3.63, 3.8) is 0 Å². The van der Waals surface area contributed by atoms with Crippen molar-refractivity contribution in [3.05, 3.63) is 70.9 Å². The Kier molecular flexibility index (Phi) is 2.16. The third-order valence-corrected chi connectivity index (χ3v) is 2.57. The van der Waals surface area contributed by atoms with E-state index in [-0.39, 0.29) is 5.43 Å². The number of rotatable bonds is 1. The summed E-state index contributed by atoms with van der Waals surface area (Å²) in [6.07, 6.45) is 0. The molecule has 3 rings (SSSR count). The minimum Gasteiger partial charge on any atom is -0.455 e. The van der Waals surface area contributed by atoms with E-state index in [0.29, 0.717) is 16.7 Å². The van der Waals surface area contributed by atoms with Crippen molar-refractivity contribution in [2.75, 3.05) is 0 Å². The molecule has 2 heteroatoms. The maximum atomic E-state index is 11.9. The van der Waals surface area contributed by atoms with Crippen molar-refractivity contribution in [3.8, 4) is 11.3 Å². The molecule has 0 radical (unpaired) electrons. The van der Waals surface area contributed by atoms with Crippen molar-refractivity contribution in [1.29, 1.82) is 0 Å². The lowest BCUT2D eigenvalue weighted by Gasteiger charge is -2.01. The summed E-state index contributed by atoms with van der Waals surface area (Å²) in [4.78, 5) is 11.9. The topological polar surface area (TPSA) is 30.2 Å². The average molecular weight is 220 g/mol. The molecule has 0 unspecified atom stereocenters. The van der Waals surface area contributed by atoms with E-state index in [1.165, 1.54) is 6.07 Å². The van der Waals surface area contributed by atoms with E-state index < -0.39 is 0 Å². The Morgan fingerprint density at radius 3 is 2.59 bits per heavy atom. The number of hydrogen-bond donors (Lipinski definition) is 0. The van der Waals surface area contributed by atoms with Crippen molar-refractivity contribution in [2.45, 2.75) is 0 Å². The second kappa shape index (κ2) is 3.80. The predicted molar refractivity (Wildman–Crippen MR) is 65.6 cm³/mol. The van der Waals surface area contributed by atoms with Gasteiger partial charge in [0.1, 0.15) is 11.3 Å². The van der Waals surface area contributed by atoms with Gasteiger partial charge in [-0.2, -0.15) is 0 Å². The lowest BCUT2D eigenvalue weighted by molar-refractivity contribution is 0.619. The van der Waals surface area contributed by atoms with Gasteiger partial charge in [0.15, 0.2) is 5.43 Å². The highest BCUT2D eigenvalue weighted by Crippen LogP contribution is 2.20. The first-order valence-electron chi connectivity index (χ1n) is 5.26. The molecule has 0 atom stereocenters. The fraction of sp³-hybridized carbons (Fsp3) is 0. The Bertz CT molecular complexity index is 712. The zero-order chi connectivity index (χ0) is 11.7. The Morgan fingerprint density at radius 1 is 1.00 bits per heavy atom. The molecular weight excluding hydrogens is 212 g/mol. The molecule has 0 N–H and O–H groups in total. The Morgan fingerprint density at radius 2 is 1.76 bits per heavy atom. The molecule has 0 saturated heterocycles. The molecule has 80 valence electrons. The molecule has 0 aliphatic heterocycles. The van der Waals surface area contributed by atoms with Gasteiger partial charge < -0.3 is 4.42 Å². The Labute approximate surface area is 98.1 Å². The van der Waals surface area contributed by atoms with E-state index in [1.807, 2.05) is 30.3 Å². The molecule has 1 heterocycles. The number of benzene rings is 1. The maximum absolute atomic E-state index is 11.9. The minimum atomic E-state index is -0.0599. The summed E-state index contributed by atoms with van der Waals surface area (Å²) >= 11 is 0. The van der Waals surface area contributed by atoms with Gasteiger partial charge >= 0.3 is 0 Å². The molecule has 0 bridgehead atoms. The van der Waals surface area contributed by atoms with Crippen LogP contribution in [0.25, 0.3) is 22.3 Å². The third-order valence-electron chi connectivity index (χ3n) is 2.57.